The topological polar surface area (TPSA) is 16.1 Å². The molecular weight excluding hydrogens is 665 g/mol. The second-order valence-electron chi connectivity index (χ2n) is 14.3. The number of benzene rings is 9. The quantitative estimate of drug-likeness (QED) is 0.172. The largest absolute Gasteiger partial charge is 0.295 e. The zero-order chi connectivity index (χ0) is 36.3. The van der Waals surface area contributed by atoms with Crippen molar-refractivity contribution in [2.24, 2.45) is 0 Å². The van der Waals surface area contributed by atoms with E-state index in [2.05, 4.69) is 205 Å². The minimum atomic E-state index is 0.881. The van der Waals surface area contributed by atoms with Gasteiger partial charge in [-0.05, 0) is 113 Å². The second-order valence-corrected chi connectivity index (χ2v) is 14.3. The Morgan fingerprint density at radius 2 is 0.836 bits per heavy atom. The lowest BCUT2D eigenvalue weighted by Crippen LogP contribution is -2.11. The molecule has 0 unspecified atom stereocenters. The molecule has 2 nitrogen and oxygen atoms in total. The smallest absolute Gasteiger partial charge is 0.138 e. The SMILES string of the molecule is c1ccc(-c2c3c(c(-c4ccccc4)c4ccccc24)-c2ccc(-c4cccc(N(c5ccccc5)c5cc6ccccc6cn5)c4)c4cccc-3c24)cc1. The molecule has 10 aromatic rings. The third-order valence-corrected chi connectivity index (χ3v) is 11.2. The fraction of sp³-hybridized carbons (Fsp3) is 0. The van der Waals surface area contributed by atoms with Crippen molar-refractivity contribution in [2.45, 2.75) is 0 Å². The summed E-state index contributed by atoms with van der Waals surface area (Å²) in [5.41, 5.74) is 14.7. The summed E-state index contributed by atoms with van der Waals surface area (Å²) in [4.78, 5) is 7.24. The Bertz CT molecular complexity index is 2990. The van der Waals surface area contributed by atoms with Gasteiger partial charge < -0.3 is 0 Å². The normalized spacial score (nSPS) is 11.6. The highest BCUT2D eigenvalue weighted by atomic mass is 15.2. The summed E-state index contributed by atoms with van der Waals surface area (Å²) in [5.74, 6) is 0.881. The summed E-state index contributed by atoms with van der Waals surface area (Å²) in [6.07, 6.45) is 1.97. The summed E-state index contributed by atoms with van der Waals surface area (Å²) >= 11 is 0. The van der Waals surface area contributed by atoms with Gasteiger partial charge in [-0.1, -0.05) is 170 Å². The van der Waals surface area contributed by atoms with Crippen LogP contribution in [0.2, 0.25) is 0 Å². The van der Waals surface area contributed by atoms with E-state index in [1.54, 1.807) is 0 Å². The fourth-order valence-electron chi connectivity index (χ4n) is 8.86. The highest BCUT2D eigenvalue weighted by Crippen LogP contribution is 2.58. The van der Waals surface area contributed by atoms with Gasteiger partial charge in [0.05, 0.1) is 0 Å². The molecule has 1 aliphatic rings. The van der Waals surface area contributed by atoms with E-state index in [-0.39, 0.29) is 0 Å². The van der Waals surface area contributed by atoms with Gasteiger partial charge in [0, 0.05) is 23.0 Å². The minimum absolute atomic E-state index is 0.881. The van der Waals surface area contributed by atoms with Crippen LogP contribution in [0, 0.1) is 0 Å². The van der Waals surface area contributed by atoms with Crippen LogP contribution in [0.4, 0.5) is 17.2 Å². The van der Waals surface area contributed by atoms with Gasteiger partial charge in [0.2, 0.25) is 0 Å². The number of aromatic nitrogens is 1. The van der Waals surface area contributed by atoms with Gasteiger partial charge in [-0.3, -0.25) is 4.90 Å². The van der Waals surface area contributed by atoms with Crippen LogP contribution >= 0.6 is 0 Å². The Hall–Kier alpha value is -7.29. The molecule has 0 saturated carbocycles. The number of nitrogens with zero attached hydrogens (tertiary/aromatic N) is 2. The van der Waals surface area contributed by atoms with E-state index >= 15 is 0 Å². The first kappa shape index (κ1) is 31.3. The van der Waals surface area contributed by atoms with Gasteiger partial charge in [0.25, 0.3) is 0 Å². The average Bonchev–Trinajstić information content (AvgIpc) is 3.58. The summed E-state index contributed by atoms with van der Waals surface area (Å²) in [6, 6.07) is 72.4. The molecule has 0 radical (unpaired) electrons. The maximum atomic E-state index is 4.98. The first-order valence-electron chi connectivity index (χ1n) is 18.9. The first-order chi connectivity index (χ1) is 27.3. The Morgan fingerprint density at radius 1 is 0.327 bits per heavy atom. The van der Waals surface area contributed by atoms with Crippen LogP contribution in [0.3, 0.4) is 0 Å². The molecule has 0 N–H and O–H groups in total. The number of rotatable bonds is 6. The van der Waals surface area contributed by atoms with Gasteiger partial charge in [-0.2, -0.15) is 0 Å². The van der Waals surface area contributed by atoms with Gasteiger partial charge in [0.1, 0.15) is 5.82 Å². The molecule has 1 aliphatic carbocycles. The average molecular weight is 699 g/mol. The number of hydrogen-bond donors (Lipinski definition) is 0. The van der Waals surface area contributed by atoms with Crippen molar-refractivity contribution in [1.82, 2.24) is 4.98 Å². The molecule has 256 valence electrons. The molecule has 1 aromatic heterocycles. The summed E-state index contributed by atoms with van der Waals surface area (Å²) in [5, 5.41) is 7.39. The molecule has 0 bridgehead atoms. The standard InChI is InChI=1S/C53H34N2/c1-4-16-35(17-5-1)49-44-26-12-13-27-45(44)50(36-18-6-2-7-19-36)53-47-31-30-42(43-28-15-29-46(51(43)47)52(49)53)38-22-14-25-41(32-38)55(40-23-8-3-9-24-40)48-33-37-20-10-11-21-39(37)34-54-48/h1-34H. The van der Waals surface area contributed by atoms with Crippen molar-refractivity contribution in [3.8, 4) is 55.6 Å². The number of fused-ring (bicyclic) bond motifs is 5. The minimum Gasteiger partial charge on any atom is -0.295 e. The zero-order valence-corrected chi connectivity index (χ0v) is 30.0. The third-order valence-electron chi connectivity index (χ3n) is 11.2. The Balaban J connectivity index is 1.15. The fourth-order valence-corrected chi connectivity index (χ4v) is 8.86. The van der Waals surface area contributed by atoms with Crippen LogP contribution in [-0.2, 0) is 0 Å². The maximum Gasteiger partial charge on any atom is 0.138 e. The monoisotopic (exact) mass is 698 g/mol. The zero-order valence-electron chi connectivity index (χ0n) is 30.0. The second kappa shape index (κ2) is 12.7. The Labute approximate surface area is 320 Å². The number of hydrogen-bond acceptors (Lipinski definition) is 2. The molecule has 0 fully saturated rings. The van der Waals surface area contributed by atoms with Crippen LogP contribution in [0.15, 0.2) is 206 Å². The van der Waals surface area contributed by atoms with E-state index in [1.165, 1.54) is 71.6 Å². The van der Waals surface area contributed by atoms with Crippen LogP contribution in [0.1, 0.15) is 0 Å². The lowest BCUT2D eigenvalue weighted by atomic mass is 9.82. The molecular formula is C53H34N2. The van der Waals surface area contributed by atoms with Crippen LogP contribution in [0.5, 0.6) is 0 Å². The lowest BCUT2D eigenvalue weighted by Gasteiger charge is -2.25. The highest BCUT2D eigenvalue weighted by Gasteiger charge is 2.31. The van der Waals surface area contributed by atoms with Crippen molar-refractivity contribution in [1.29, 1.82) is 0 Å². The van der Waals surface area contributed by atoms with Crippen molar-refractivity contribution in [2.75, 3.05) is 4.90 Å². The van der Waals surface area contributed by atoms with Gasteiger partial charge in [-0.15, -0.1) is 0 Å². The van der Waals surface area contributed by atoms with E-state index in [0.717, 1.165) is 33.5 Å². The van der Waals surface area contributed by atoms with Crippen LogP contribution in [0.25, 0.3) is 88.0 Å². The van der Waals surface area contributed by atoms with E-state index in [1.807, 2.05) is 6.20 Å². The van der Waals surface area contributed by atoms with Crippen molar-refractivity contribution < 1.29 is 0 Å². The molecule has 9 aromatic carbocycles. The molecule has 55 heavy (non-hydrogen) atoms. The van der Waals surface area contributed by atoms with Gasteiger partial charge in [0.15, 0.2) is 0 Å². The molecule has 1 heterocycles. The van der Waals surface area contributed by atoms with Gasteiger partial charge in [-0.25, -0.2) is 4.98 Å². The number of anilines is 3. The van der Waals surface area contributed by atoms with E-state index < -0.39 is 0 Å². The molecule has 0 aliphatic heterocycles. The van der Waals surface area contributed by atoms with Crippen molar-refractivity contribution in [3.63, 3.8) is 0 Å². The summed E-state index contributed by atoms with van der Waals surface area (Å²) in [7, 11) is 0. The van der Waals surface area contributed by atoms with Crippen molar-refractivity contribution >= 4 is 49.5 Å². The van der Waals surface area contributed by atoms with Gasteiger partial charge >= 0.3 is 0 Å². The molecule has 0 amide bonds. The summed E-state index contributed by atoms with van der Waals surface area (Å²) in [6.45, 7) is 0. The first-order valence-corrected chi connectivity index (χ1v) is 18.9. The maximum absolute atomic E-state index is 4.98. The van der Waals surface area contributed by atoms with Crippen molar-refractivity contribution in [3.05, 3.63) is 206 Å². The molecule has 0 spiro atoms. The predicted molar refractivity (Wildman–Crippen MR) is 232 cm³/mol. The molecule has 0 atom stereocenters. The molecule has 0 saturated heterocycles. The van der Waals surface area contributed by atoms with E-state index in [0.29, 0.717) is 0 Å². The Kier molecular flexibility index (Phi) is 7.21. The van der Waals surface area contributed by atoms with Crippen LogP contribution in [-0.4, -0.2) is 4.98 Å². The van der Waals surface area contributed by atoms with E-state index in [9.17, 15) is 0 Å². The number of pyridine rings is 1. The third kappa shape index (κ3) is 5.00. The number of para-hydroxylation sites is 1. The highest BCUT2D eigenvalue weighted by molar-refractivity contribution is 6.28. The lowest BCUT2D eigenvalue weighted by molar-refractivity contribution is 1.19. The molecule has 2 heteroatoms. The van der Waals surface area contributed by atoms with Crippen LogP contribution < -0.4 is 4.90 Å². The molecule has 11 rings (SSSR count). The van der Waals surface area contributed by atoms with E-state index in [4.69, 9.17) is 4.98 Å². The Morgan fingerprint density at radius 3 is 1.53 bits per heavy atom. The summed E-state index contributed by atoms with van der Waals surface area (Å²) < 4.78 is 0. The predicted octanol–water partition coefficient (Wildman–Crippen LogP) is 14.7.